The van der Waals surface area contributed by atoms with Crippen molar-refractivity contribution in [2.45, 2.75) is 62.7 Å². The second kappa shape index (κ2) is 9.06. The summed E-state index contributed by atoms with van der Waals surface area (Å²) >= 11 is 0. The highest BCUT2D eigenvalue weighted by atomic mass is 16.5. The number of phenols is 1. The van der Waals surface area contributed by atoms with Crippen LogP contribution >= 0.6 is 0 Å². The number of nitrogens with zero attached hydrogens (tertiary/aromatic N) is 2. The van der Waals surface area contributed by atoms with Crippen LogP contribution in [-0.2, 0) is 16.6 Å². The van der Waals surface area contributed by atoms with Crippen molar-refractivity contribution < 1.29 is 24.9 Å². The van der Waals surface area contributed by atoms with E-state index in [9.17, 15) is 20.1 Å². The van der Waals surface area contributed by atoms with E-state index in [1.165, 1.54) is 12.8 Å². The summed E-state index contributed by atoms with van der Waals surface area (Å²) in [5.74, 6) is 0.356. The zero-order valence-electron chi connectivity index (χ0n) is 22.0. The van der Waals surface area contributed by atoms with E-state index >= 15 is 0 Å². The van der Waals surface area contributed by atoms with Crippen LogP contribution in [0, 0.1) is 5.92 Å². The number of rotatable bonds is 5. The van der Waals surface area contributed by atoms with Crippen molar-refractivity contribution in [2.24, 2.45) is 5.92 Å². The van der Waals surface area contributed by atoms with Gasteiger partial charge in [0.05, 0.1) is 16.6 Å². The molecule has 4 atom stereocenters. The third-order valence-corrected chi connectivity index (χ3v) is 9.95. The molecule has 3 heterocycles. The SMILES string of the molecule is C.O=C(Nc1ccc(-c2ccncc2)cc1)C1=C(O)[C@@H]2Oc3c(O)ccc4c3[C@@]23CCN(CC2CC2)[C@H](C4)[C@]3(O)C1. The summed E-state index contributed by atoms with van der Waals surface area (Å²) < 4.78 is 6.29. The third-order valence-electron chi connectivity index (χ3n) is 9.95. The number of aromatic hydroxyl groups is 1. The standard InChI is InChI=1S/C32H31N3O5.CH4/c36-24-8-5-21-15-25-32(39)16-23(30(38)34-22-6-3-19(4-7-22)20-9-12-33-13-10-20)27(37)29-31(32,26(21)28(24)40-29)11-14-35(25)17-18-1-2-18;/h3-10,12-13,18,25,29,36-37,39H,1-2,11,14-17H2,(H,34,38);1H4/t25-,29+,31+,32-;/m1./s1. The topological polar surface area (TPSA) is 115 Å². The number of piperidine rings is 1. The number of aliphatic hydroxyl groups excluding tert-OH is 1. The first-order valence-electron chi connectivity index (χ1n) is 14.1. The molecule has 1 spiro atoms. The Kier molecular flexibility index (Phi) is 5.76. The van der Waals surface area contributed by atoms with E-state index < -0.39 is 23.0 Å². The third kappa shape index (κ3) is 3.60. The maximum absolute atomic E-state index is 13.7. The number of aromatic nitrogens is 1. The number of nitrogens with one attached hydrogen (secondary N) is 1. The summed E-state index contributed by atoms with van der Waals surface area (Å²) in [7, 11) is 0. The number of pyridine rings is 1. The number of carbonyl (C=O) groups excluding carboxylic acids is 1. The molecule has 1 saturated heterocycles. The van der Waals surface area contributed by atoms with Gasteiger partial charge in [0.2, 0.25) is 0 Å². The summed E-state index contributed by atoms with van der Waals surface area (Å²) in [5, 5.41) is 38.0. The van der Waals surface area contributed by atoms with Crippen LogP contribution in [0.25, 0.3) is 11.1 Å². The van der Waals surface area contributed by atoms with E-state index in [4.69, 9.17) is 4.74 Å². The van der Waals surface area contributed by atoms with E-state index in [0.717, 1.165) is 35.3 Å². The Hall–Kier alpha value is -3.88. The number of aliphatic hydroxyl groups is 2. The van der Waals surface area contributed by atoms with Crippen LogP contribution in [-0.4, -0.2) is 61.9 Å². The average molecular weight is 554 g/mol. The molecule has 0 unspecified atom stereocenters. The van der Waals surface area contributed by atoms with Crippen molar-refractivity contribution in [3.05, 3.63) is 83.4 Å². The Morgan fingerprint density at radius 1 is 1.05 bits per heavy atom. The lowest BCUT2D eigenvalue weighted by Gasteiger charge is -2.62. The molecule has 2 aromatic carbocycles. The van der Waals surface area contributed by atoms with Gasteiger partial charge in [-0.3, -0.25) is 14.7 Å². The van der Waals surface area contributed by atoms with Crippen LogP contribution < -0.4 is 10.1 Å². The largest absolute Gasteiger partial charge is 0.508 e. The van der Waals surface area contributed by atoms with Crippen LogP contribution in [0.3, 0.4) is 0 Å². The maximum atomic E-state index is 13.7. The molecule has 2 bridgehead atoms. The van der Waals surface area contributed by atoms with Gasteiger partial charge in [-0.15, -0.1) is 0 Å². The number of likely N-dealkylation sites (tertiary alicyclic amines) is 1. The van der Waals surface area contributed by atoms with Crippen molar-refractivity contribution >= 4 is 11.6 Å². The minimum absolute atomic E-state index is 0. The first-order chi connectivity index (χ1) is 19.4. The molecule has 8 rings (SSSR count). The smallest absolute Gasteiger partial charge is 0.255 e. The fraction of sp³-hybridized carbons (Fsp3) is 0.394. The molecule has 1 saturated carbocycles. The molecule has 8 nitrogen and oxygen atoms in total. The molecule has 0 radical (unpaired) electrons. The molecule has 3 aromatic rings. The predicted octanol–water partition coefficient (Wildman–Crippen LogP) is 4.72. The number of amides is 1. The summed E-state index contributed by atoms with van der Waals surface area (Å²) in [6.07, 6.45) is 6.15. The van der Waals surface area contributed by atoms with E-state index in [0.29, 0.717) is 30.2 Å². The molecule has 5 aliphatic rings. The van der Waals surface area contributed by atoms with E-state index in [1.54, 1.807) is 18.5 Å². The number of ether oxygens (including phenoxy) is 1. The molecule has 2 aliphatic heterocycles. The van der Waals surface area contributed by atoms with Crippen molar-refractivity contribution in [1.82, 2.24) is 9.88 Å². The second-order valence-corrected chi connectivity index (χ2v) is 12.1. The summed E-state index contributed by atoms with van der Waals surface area (Å²) in [5.41, 5.74) is 2.34. The number of anilines is 1. The first kappa shape index (κ1) is 26.0. The molecule has 4 N–H and O–H groups in total. The lowest BCUT2D eigenvalue weighted by atomic mass is 9.49. The monoisotopic (exact) mass is 553 g/mol. The molecule has 8 heteroatoms. The molecule has 3 aliphatic carbocycles. The van der Waals surface area contributed by atoms with Crippen LogP contribution in [0.15, 0.2) is 72.3 Å². The van der Waals surface area contributed by atoms with Gasteiger partial charge in [-0.25, -0.2) is 0 Å². The van der Waals surface area contributed by atoms with E-state index in [2.05, 4.69) is 15.2 Å². The van der Waals surface area contributed by atoms with Gasteiger partial charge in [-0.2, -0.15) is 0 Å². The number of phenolic OH excluding ortho intramolecular Hbond substituents is 1. The van der Waals surface area contributed by atoms with Gasteiger partial charge in [-0.05, 0) is 85.2 Å². The minimum atomic E-state index is -1.33. The molecule has 41 heavy (non-hydrogen) atoms. The van der Waals surface area contributed by atoms with Gasteiger partial charge >= 0.3 is 0 Å². The molecular weight excluding hydrogens is 518 g/mol. The normalized spacial score (nSPS) is 29.3. The zero-order valence-corrected chi connectivity index (χ0v) is 22.0. The summed E-state index contributed by atoms with van der Waals surface area (Å²) in [6.45, 7) is 1.70. The van der Waals surface area contributed by atoms with Crippen LogP contribution in [0.4, 0.5) is 5.69 Å². The summed E-state index contributed by atoms with van der Waals surface area (Å²) in [6, 6.07) is 14.7. The Balaban J connectivity index is 0.00000276. The van der Waals surface area contributed by atoms with Crippen molar-refractivity contribution in [3.8, 4) is 22.6 Å². The lowest BCUT2D eigenvalue weighted by molar-refractivity contribution is -0.172. The quantitative estimate of drug-likeness (QED) is 0.362. The highest BCUT2D eigenvalue weighted by Crippen LogP contribution is 2.66. The number of hydrogen-bond acceptors (Lipinski definition) is 7. The Morgan fingerprint density at radius 3 is 2.51 bits per heavy atom. The Morgan fingerprint density at radius 2 is 1.78 bits per heavy atom. The predicted molar refractivity (Wildman–Crippen MR) is 155 cm³/mol. The fourth-order valence-corrected chi connectivity index (χ4v) is 7.87. The lowest BCUT2D eigenvalue weighted by Crippen LogP contribution is -2.75. The van der Waals surface area contributed by atoms with Crippen molar-refractivity contribution in [2.75, 3.05) is 18.4 Å². The van der Waals surface area contributed by atoms with Crippen molar-refractivity contribution in [3.63, 3.8) is 0 Å². The van der Waals surface area contributed by atoms with E-state index in [-0.39, 0.29) is 37.0 Å². The van der Waals surface area contributed by atoms with Gasteiger partial charge in [0.15, 0.2) is 17.6 Å². The van der Waals surface area contributed by atoms with Gasteiger partial charge in [0.1, 0.15) is 5.76 Å². The maximum Gasteiger partial charge on any atom is 0.255 e. The van der Waals surface area contributed by atoms with Crippen LogP contribution in [0.5, 0.6) is 11.5 Å². The summed E-state index contributed by atoms with van der Waals surface area (Å²) in [4.78, 5) is 20.2. The number of benzene rings is 2. The van der Waals surface area contributed by atoms with Gasteiger partial charge < -0.3 is 25.4 Å². The van der Waals surface area contributed by atoms with Gasteiger partial charge in [0.25, 0.3) is 5.91 Å². The molecule has 2 fully saturated rings. The molecule has 1 amide bonds. The van der Waals surface area contributed by atoms with Crippen LogP contribution in [0.1, 0.15) is 44.2 Å². The highest BCUT2D eigenvalue weighted by molar-refractivity contribution is 6.04. The highest BCUT2D eigenvalue weighted by Gasteiger charge is 2.73. The zero-order chi connectivity index (χ0) is 27.2. The molecular formula is C33H35N3O5. The average Bonchev–Trinajstić information content (AvgIpc) is 3.71. The number of carbonyl (C=O) groups is 1. The van der Waals surface area contributed by atoms with Gasteiger partial charge in [-0.1, -0.05) is 25.6 Å². The molecule has 212 valence electrons. The second-order valence-electron chi connectivity index (χ2n) is 12.1. The molecule has 1 aromatic heterocycles. The Bertz CT molecular complexity index is 1570. The van der Waals surface area contributed by atoms with E-state index in [1.807, 2.05) is 42.5 Å². The minimum Gasteiger partial charge on any atom is -0.508 e. The van der Waals surface area contributed by atoms with Gasteiger partial charge in [0, 0.05) is 42.7 Å². The fourth-order valence-electron chi connectivity index (χ4n) is 7.87. The van der Waals surface area contributed by atoms with Crippen LogP contribution in [0.2, 0.25) is 0 Å². The number of hydrogen-bond donors (Lipinski definition) is 4. The van der Waals surface area contributed by atoms with Crippen molar-refractivity contribution in [1.29, 1.82) is 0 Å². The first-order valence-corrected chi connectivity index (χ1v) is 14.1. The Labute approximate surface area is 239 Å².